The molecule has 5 nitrogen and oxygen atoms in total. The minimum atomic E-state index is 0.408. The Morgan fingerprint density at radius 1 is 1.24 bits per heavy atom. The number of aryl methyl sites for hydroxylation is 1. The van der Waals surface area contributed by atoms with Crippen LogP contribution in [0, 0.1) is 6.92 Å². The van der Waals surface area contributed by atoms with E-state index in [0.29, 0.717) is 6.04 Å². The van der Waals surface area contributed by atoms with Crippen molar-refractivity contribution in [1.29, 1.82) is 0 Å². The van der Waals surface area contributed by atoms with E-state index in [2.05, 4.69) is 56.2 Å². The first kappa shape index (κ1) is 14.2. The van der Waals surface area contributed by atoms with Gasteiger partial charge in [0, 0.05) is 25.7 Å². The summed E-state index contributed by atoms with van der Waals surface area (Å²) in [6.45, 7) is 6.19. The van der Waals surface area contributed by atoms with Gasteiger partial charge in [0.05, 0.1) is 6.54 Å². The summed E-state index contributed by atoms with van der Waals surface area (Å²) in [7, 11) is 2.04. The molecule has 0 fully saturated rings. The number of aromatic nitrogens is 3. The van der Waals surface area contributed by atoms with Gasteiger partial charge in [0.25, 0.3) is 0 Å². The van der Waals surface area contributed by atoms with Gasteiger partial charge in [-0.25, -0.2) is 0 Å². The average Bonchev–Trinajstić information content (AvgIpc) is 2.97. The van der Waals surface area contributed by atoms with E-state index in [0.717, 1.165) is 38.4 Å². The topological polar surface area (TPSA) is 46.0 Å². The Kier molecular flexibility index (Phi) is 4.31. The van der Waals surface area contributed by atoms with Crippen LogP contribution in [0.5, 0.6) is 0 Å². The van der Waals surface area contributed by atoms with Gasteiger partial charge in [-0.1, -0.05) is 29.8 Å². The molecule has 1 aliphatic heterocycles. The molecule has 3 rings (SSSR count). The van der Waals surface area contributed by atoms with E-state index in [9.17, 15) is 0 Å². The predicted octanol–water partition coefficient (Wildman–Crippen LogP) is 1.75. The van der Waals surface area contributed by atoms with Crippen molar-refractivity contribution in [3.63, 3.8) is 0 Å². The van der Waals surface area contributed by atoms with Crippen molar-refractivity contribution >= 4 is 0 Å². The van der Waals surface area contributed by atoms with E-state index < -0.39 is 0 Å². The summed E-state index contributed by atoms with van der Waals surface area (Å²) in [5, 5.41) is 11.6. The van der Waals surface area contributed by atoms with Gasteiger partial charge in [0.15, 0.2) is 0 Å². The average molecular weight is 285 g/mol. The van der Waals surface area contributed by atoms with Crippen LogP contribution in [0.4, 0.5) is 0 Å². The fraction of sp³-hybridized carbons (Fsp3) is 0.500. The first-order valence-corrected chi connectivity index (χ1v) is 7.59. The fourth-order valence-electron chi connectivity index (χ4n) is 2.90. The summed E-state index contributed by atoms with van der Waals surface area (Å²) in [5.74, 6) is 1.08. The highest BCUT2D eigenvalue weighted by Crippen LogP contribution is 2.19. The SMILES string of the molecule is CNC(CCN1CCn2cnnc2C1)c1ccc(C)cc1. The summed E-state index contributed by atoms with van der Waals surface area (Å²) in [5.41, 5.74) is 2.67. The number of hydrogen-bond acceptors (Lipinski definition) is 4. The number of rotatable bonds is 5. The van der Waals surface area contributed by atoms with Crippen LogP contribution < -0.4 is 5.32 Å². The Bertz CT molecular complexity index is 575. The molecule has 1 atom stereocenters. The molecule has 1 aromatic carbocycles. The molecular weight excluding hydrogens is 262 g/mol. The van der Waals surface area contributed by atoms with Gasteiger partial charge in [-0.15, -0.1) is 10.2 Å². The van der Waals surface area contributed by atoms with Crippen LogP contribution in [-0.4, -0.2) is 39.8 Å². The quantitative estimate of drug-likeness (QED) is 0.909. The second kappa shape index (κ2) is 6.37. The largest absolute Gasteiger partial charge is 0.315 e. The molecule has 0 radical (unpaired) electrons. The van der Waals surface area contributed by atoms with E-state index in [1.807, 2.05) is 13.4 Å². The lowest BCUT2D eigenvalue weighted by Crippen LogP contribution is -2.35. The van der Waals surface area contributed by atoms with Crippen molar-refractivity contribution in [2.75, 3.05) is 20.1 Å². The summed E-state index contributed by atoms with van der Waals surface area (Å²) in [4.78, 5) is 2.46. The Balaban J connectivity index is 1.57. The Morgan fingerprint density at radius 3 is 2.81 bits per heavy atom. The minimum Gasteiger partial charge on any atom is -0.315 e. The van der Waals surface area contributed by atoms with E-state index in [1.54, 1.807) is 0 Å². The molecule has 21 heavy (non-hydrogen) atoms. The molecule has 0 saturated heterocycles. The maximum absolute atomic E-state index is 4.18. The van der Waals surface area contributed by atoms with Crippen LogP contribution in [0.1, 0.15) is 29.4 Å². The molecule has 112 valence electrons. The van der Waals surface area contributed by atoms with Crippen molar-refractivity contribution in [1.82, 2.24) is 25.0 Å². The maximum Gasteiger partial charge on any atom is 0.147 e. The lowest BCUT2D eigenvalue weighted by atomic mass is 10.0. The standard InChI is InChI=1S/C16H23N5/c1-13-3-5-14(6-4-13)15(17-2)7-8-20-9-10-21-12-18-19-16(21)11-20/h3-6,12,15,17H,7-11H2,1-2H3. The Labute approximate surface area is 126 Å². The maximum atomic E-state index is 4.18. The molecule has 0 saturated carbocycles. The molecule has 0 spiro atoms. The molecule has 2 aromatic rings. The second-order valence-corrected chi connectivity index (χ2v) is 5.76. The normalized spacial score (nSPS) is 16.7. The zero-order valence-corrected chi connectivity index (χ0v) is 12.8. The van der Waals surface area contributed by atoms with Gasteiger partial charge in [-0.2, -0.15) is 0 Å². The molecule has 2 heterocycles. The third-order valence-electron chi connectivity index (χ3n) is 4.28. The third-order valence-corrected chi connectivity index (χ3v) is 4.28. The lowest BCUT2D eigenvalue weighted by molar-refractivity contribution is 0.207. The zero-order valence-electron chi connectivity index (χ0n) is 12.8. The third kappa shape index (κ3) is 3.31. The number of fused-ring (bicyclic) bond motifs is 1. The first-order valence-electron chi connectivity index (χ1n) is 7.59. The molecule has 1 aliphatic rings. The smallest absolute Gasteiger partial charge is 0.147 e. The van der Waals surface area contributed by atoms with Crippen molar-refractivity contribution in [2.45, 2.75) is 32.5 Å². The highest BCUT2D eigenvalue weighted by atomic mass is 15.3. The lowest BCUT2D eigenvalue weighted by Gasteiger charge is -2.28. The number of benzene rings is 1. The minimum absolute atomic E-state index is 0.408. The Morgan fingerprint density at radius 2 is 2.05 bits per heavy atom. The van der Waals surface area contributed by atoms with Crippen LogP contribution in [-0.2, 0) is 13.1 Å². The molecule has 1 aromatic heterocycles. The summed E-state index contributed by atoms with van der Waals surface area (Å²) in [6, 6.07) is 9.23. The van der Waals surface area contributed by atoms with Gasteiger partial charge in [-0.3, -0.25) is 4.90 Å². The van der Waals surface area contributed by atoms with E-state index in [1.165, 1.54) is 11.1 Å². The highest BCUT2D eigenvalue weighted by Gasteiger charge is 2.18. The van der Waals surface area contributed by atoms with Crippen LogP contribution in [0.2, 0.25) is 0 Å². The van der Waals surface area contributed by atoms with Gasteiger partial charge in [0.2, 0.25) is 0 Å². The van der Waals surface area contributed by atoms with E-state index in [-0.39, 0.29) is 0 Å². The molecule has 0 aliphatic carbocycles. The summed E-state index contributed by atoms with van der Waals surface area (Å²) < 4.78 is 2.14. The van der Waals surface area contributed by atoms with Crippen LogP contribution in [0.3, 0.4) is 0 Å². The number of hydrogen-bond donors (Lipinski definition) is 1. The van der Waals surface area contributed by atoms with Gasteiger partial charge >= 0.3 is 0 Å². The van der Waals surface area contributed by atoms with Crippen molar-refractivity contribution in [2.24, 2.45) is 0 Å². The van der Waals surface area contributed by atoms with Crippen LogP contribution in [0.25, 0.3) is 0 Å². The highest BCUT2D eigenvalue weighted by molar-refractivity contribution is 5.24. The Hall–Kier alpha value is -1.72. The molecule has 5 heteroatoms. The van der Waals surface area contributed by atoms with Gasteiger partial charge in [-0.05, 0) is 26.0 Å². The molecule has 0 amide bonds. The monoisotopic (exact) mass is 285 g/mol. The fourth-order valence-corrected chi connectivity index (χ4v) is 2.90. The van der Waals surface area contributed by atoms with Crippen molar-refractivity contribution < 1.29 is 0 Å². The molecule has 1 N–H and O–H groups in total. The summed E-state index contributed by atoms with van der Waals surface area (Å²) in [6.07, 6.45) is 2.93. The van der Waals surface area contributed by atoms with E-state index >= 15 is 0 Å². The molecule has 1 unspecified atom stereocenters. The van der Waals surface area contributed by atoms with E-state index in [4.69, 9.17) is 0 Å². The predicted molar refractivity (Wildman–Crippen MR) is 82.9 cm³/mol. The number of nitrogens with zero attached hydrogens (tertiary/aromatic N) is 4. The zero-order chi connectivity index (χ0) is 14.7. The number of nitrogens with one attached hydrogen (secondary N) is 1. The van der Waals surface area contributed by atoms with Gasteiger partial charge < -0.3 is 9.88 Å². The van der Waals surface area contributed by atoms with Crippen LogP contribution >= 0.6 is 0 Å². The van der Waals surface area contributed by atoms with Gasteiger partial charge in [0.1, 0.15) is 12.2 Å². The molecular formula is C16H23N5. The molecule has 0 bridgehead atoms. The van der Waals surface area contributed by atoms with Crippen LogP contribution in [0.15, 0.2) is 30.6 Å². The second-order valence-electron chi connectivity index (χ2n) is 5.76. The summed E-state index contributed by atoms with van der Waals surface area (Å²) >= 11 is 0. The van der Waals surface area contributed by atoms with Crippen molar-refractivity contribution in [3.8, 4) is 0 Å². The van der Waals surface area contributed by atoms with Crippen molar-refractivity contribution in [3.05, 3.63) is 47.5 Å². The first-order chi connectivity index (χ1) is 10.3.